The van der Waals surface area contributed by atoms with Crippen LogP contribution in [0.4, 0.5) is 13.2 Å². The minimum absolute atomic E-state index is 0.0917. The van der Waals surface area contributed by atoms with Crippen LogP contribution in [0.3, 0.4) is 0 Å². The zero-order chi connectivity index (χ0) is 12.1. The van der Waals surface area contributed by atoms with Crippen LogP contribution < -0.4 is 0 Å². The molecule has 0 radical (unpaired) electrons. The minimum atomic E-state index is -5.01. The Hall–Kier alpha value is 0.830. The topological polar surface area (TPSA) is 27.7 Å². The third-order valence-corrected chi connectivity index (χ3v) is 1.87. The van der Waals surface area contributed by atoms with E-state index in [9.17, 15) is 13.2 Å². The summed E-state index contributed by atoms with van der Waals surface area (Å²) in [7, 11) is 0. The quantitative estimate of drug-likeness (QED) is 0.427. The minimum Gasteiger partial charge on any atom is -0.355 e. The molecule has 3 nitrogen and oxygen atoms in total. The fourth-order valence-corrected chi connectivity index (χ4v) is 0.705. The second-order valence-corrected chi connectivity index (χ2v) is 4.34. The van der Waals surface area contributed by atoms with Gasteiger partial charge in [-0.3, -0.25) is 0 Å². The maximum absolute atomic E-state index is 11.5. The number of rotatable bonds is 6. The molecule has 0 saturated carbocycles. The molecule has 0 heterocycles. The molecule has 0 N–H and O–H groups in total. The molecule has 0 aliphatic heterocycles. The van der Waals surface area contributed by atoms with Crippen LogP contribution in [0.25, 0.3) is 0 Å². The molecule has 1 atom stereocenters. The number of hydrogen-bond donors (Lipinski definition) is 0. The molecule has 0 rings (SSSR count). The molecule has 1 unspecified atom stereocenters. The van der Waals surface area contributed by atoms with E-state index in [1.807, 2.05) is 0 Å². The maximum atomic E-state index is 11.5. The van der Waals surface area contributed by atoms with E-state index in [0.717, 1.165) is 0 Å². The maximum Gasteiger partial charge on any atom is 0.549 e. The number of hydrogen-bond acceptors (Lipinski definition) is 3. The van der Waals surface area contributed by atoms with Crippen molar-refractivity contribution in [2.24, 2.45) is 0 Å². The zero-order valence-electron chi connectivity index (χ0n) is 6.86. The lowest BCUT2D eigenvalue weighted by Crippen LogP contribution is -2.30. The van der Waals surface area contributed by atoms with Crippen molar-refractivity contribution in [3.63, 3.8) is 0 Å². The van der Waals surface area contributed by atoms with Crippen LogP contribution in [0.15, 0.2) is 0 Å². The molecule has 0 aromatic carbocycles. The highest BCUT2D eigenvalue weighted by molar-refractivity contribution is 6.47. The van der Waals surface area contributed by atoms with Crippen LogP contribution in [0.1, 0.15) is 0 Å². The van der Waals surface area contributed by atoms with Crippen LogP contribution in [-0.2, 0) is 14.5 Å². The Bertz CT molecular complexity index is 189. The standard InChI is InChI=1S/C5H5Cl4F3O3/c6-1-3(7)13-2-4(8,9)14-15-5(10,11)12/h3H,1-2H2. The summed E-state index contributed by atoms with van der Waals surface area (Å²) in [4.78, 5) is 6.61. The lowest BCUT2D eigenvalue weighted by Gasteiger charge is -2.20. The van der Waals surface area contributed by atoms with Gasteiger partial charge in [-0.05, 0) is 0 Å². The average Bonchev–Trinajstić information content (AvgIpc) is 2.10. The number of ether oxygens (including phenoxy) is 1. The van der Waals surface area contributed by atoms with Crippen molar-refractivity contribution in [3.05, 3.63) is 0 Å². The summed E-state index contributed by atoms with van der Waals surface area (Å²) in [6.45, 7) is -0.646. The first kappa shape index (κ1) is 15.8. The van der Waals surface area contributed by atoms with Gasteiger partial charge in [0.25, 0.3) is 4.52 Å². The van der Waals surface area contributed by atoms with E-state index in [1.54, 1.807) is 0 Å². The largest absolute Gasteiger partial charge is 0.549 e. The molecule has 0 fully saturated rings. The molecule has 0 aromatic rings. The first-order valence-electron chi connectivity index (χ1n) is 3.29. The Kier molecular flexibility index (Phi) is 6.90. The van der Waals surface area contributed by atoms with E-state index in [4.69, 9.17) is 46.4 Å². The Morgan fingerprint density at radius 3 is 2.07 bits per heavy atom. The van der Waals surface area contributed by atoms with Crippen molar-refractivity contribution in [1.29, 1.82) is 0 Å². The third-order valence-electron chi connectivity index (χ3n) is 0.812. The molecule has 0 aliphatic rings. The normalized spacial score (nSPS) is 15.4. The van der Waals surface area contributed by atoms with Gasteiger partial charge < -0.3 is 4.74 Å². The Morgan fingerprint density at radius 2 is 1.67 bits per heavy atom. The second-order valence-electron chi connectivity index (χ2n) is 2.13. The fourth-order valence-electron chi connectivity index (χ4n) is 0.364. The number of halogens is 7. The van der Waals surface area contributed by atoms with E-state index in [1.165, 1.54) is 0 Å². The van der Waals surface area contributed by atoms with Crippen LogP contribution in [0, 0.1) is 0 Å². The summed E-state index contributed by atoms with van der Waals surface area (Å²) in [5.74, 6) is -0.0917. The van der Waals surface area contributed by atoms with E-state index in [2.05, 4.69) is 14.5 Å². The third kappa shape index (κ3) is 9.74. The van der Waals surface area contributed by atoms with Gasteiger partial charge in [-0.15, -0.1) is 29.7 Å². The predicted molar refractivity (Wildman–Crippen MR) is 49.0 cm³/mol. The molecule has 0 saturated heterocycles. The van der Waals surface area contributed by atoms with Crippen molar-refractivity contribution >= 4 is 46.4 Å². The Morgan fingerprint density at radius 1 is 1.13 bits per heavy atom. The molecule has 0 aromatic heterocycles. The SMILES string of the molecule is FC(F)(F)OOC(Cl)(Cl)COC(Cl)CCl. The van der Waals surface area contributed by atoms with Gasteiger partial charge >= 0.3 is 6.36 Å². The van der Waals surface area contributed by atoms with Crippen molar-refractivity contribution in [2.75, 3.05) is 12.5 Å². The Labute approximate surface area is 103 Å². The molecular weight excluding hydrogens is 307 g/mol. The molecule has 10 heteroatoms. The molecule has 92 valence electrons. The van der Waals surface area contributed by atoms with Crippen LogP contribution in [-0.4, -0.2) is 28.9 Å². The number of alkyl halides is 7. The van der Waals surface area contributed by atoms with Crippen molar-refractivity contribution < 1.29 is 27.7 Å². The lowest BCUT2D eigenvalue weighted by molar-refractivity contribution is -0.496. The van der Waals surface area contributed by atoms with Crippen LogP contribution in [0.5, 0.6) is 0 Å². The second kappa shape index (κ2) is 6.54. The summed E-state index contributed by atoms with van der Waals surface area (Å²) in [5, 5.41) is 0. The van der Waals surface area contributed by atoms with Gasteiger partial charge in [-0.2, -0.15) is 4.89 Å². The van der Waals surface area contributed by atoms with Crippen LogP contribution >= 0.6 is 46.4 Å². The summed E-state index contributed by atoms with van der Waals surface area (Å²) in [6, 6.07) is 0. The van der Waals surface area contributed by atoms with Gasteiger partial charge in [0.15, 0.2) is 0 Å². The van der Waals surface area contributed by atoms with Gasteiger partial charge in [0.1, 0.15) is 12.2 Å². The predicted octanol–water partition coefficient (Wildman–Crippen LogP) is 3.41. The van der Waals surface area contributed by atoms with E-state index < -0.39 is 23.1 Å². The first-order valence-corrected chi connectivity index (χ1v) is 5.02. The summed E-state index contributed by atoms with van der Waals surface area (Å²) in [5.41, 5.74) is -0.946. The highest BCUT2D eigenvalue weighted by Gasteiger charge is 2.37. The molecular formula is C5H5Cl4F3O3. The van der Waals surface area contributed by atoms with E-state index >= 15 is 0 Å². The van der Waals surface area contributed by atoms with Crippen molar-refractivity contribution in [2.45, 2.75) is 16.4 Å². The fraction of sp³-hybridized carbons (Fsp3) is 1.00. The smallest absolute Gasteiger partial charge is 0.355 e. The summed E-state index contributed by atoms with van der Waals surface area (Å²) >= 11 is 21.1. The van der Waals surface area contributed by atoms with E-state index in [-0.39, 0.29) is 5.88 Å². The zero-order valence-corrected chi connectivity index (χ0v) is 9.89. The summed E-state index contributed by atoms with van der Waals surface area (Å²) in [6.07, 6.45) is -5.01. The van der Waals surface area contributed by atoms with Gasteiger partial charge in [0.2, 0.25) is 0 Å². The van der Waals surface area contributed by atoms with Crippen LogP contribution in [0.2, 0.25) is 0 Å². The van der Waals surface area contributed by atoms with E-state index in [0.29, 0.717) is 0 Å². The monoisotopic (exact) mass is 310 g/mol. The molecule has 15 heavy (non-hydrogen) atoms. The molecule has 0 bridgehead atoms. The lowest BCUT2D eigenvalue weighted by atomic mass is 10.7. The van der Waals surface area contributed by atoms with Gasteiger partial charge in [-0.1, -0.05) is 34.8 Å². The van der Waals surface area contributed by atoms with Crippen molar-refractivity contribution in [3.8, 4) is 0 Å². The molecule has 0 spiro atoms. The summed E-state index contributed by atoms with van der Waals surface area (Å²) < 4.78 is 36.8. The van der Waals surface area contributed by atoms with Gasteiger partial charge in [0.05, 0.1) is 5.88 Å². The van der Waals surface area contributed by atoms with Gasteiger partial charge in [0, 0.05) is 0 Å². The highest BCUT2D eigenvalue weighted by atomic mass is 35.5. The van der Waals surface area contributed by atoms with Gasteiger partial charge in [-0.25, -0.2) is 0 Å². The van der Waals surface area contributed by atoms with Crippen molar-refractivity contribution in [1.82, 2.24) is 0 Å². The molecule has 0 aliphatic carbocycles. The molecule has 0 amide bonds. The average molecular weight is 312 g/mol. The first-order chi connectivity index (χ1) is 6.66. The highest BCUT2D eigenvalue weighted by Crippen LogP contribution is 2.28. The Balaban J connectivity index is 3.86.